The molecule has 5 aliphatic rings. The average Bonchev–Trinajstić information content (AvgIpc) is 3.35. The number of anilines is 1. The van der Waals surface area contributed by atoms with Gasteiger partial charge in [0.25, 0.3) is 0 Å². The Balaban J connectivity index is 1.21. The van der Waals surface area contributed by atoms with Crippen molar-refractivity contribution in [3.8, 4) is 5.75 Å². The fourth-order valence-corrected chi connectivity index (χ4v) is 10.3. The molecule has 6 atom stereocenters. The molecule has 4 bridgehead atoms. The predicted octanol–water partition coefficient (Wildman–Crippen LogP) is 5.22. The standard InChI is InChI=1S/C33H38N4O/c1-21-16-22(2)35-31(34-21)37-20-25-19-32-12-10-28(37)30(25)33(32)13-15-36(14-11-23-6-4-3-5-7-23)29(32)17-24-8-9-26(38)18-27(24)33/h3-9,16,18,25,28-30,38H,10-15,17,19-20H2,1-2H3/t25-,28?,29?,30?,32?,33?/m1/s1. The van der Waals surface area contributed by atoms with Gasteiger partial charge in [-0.05, 0) is 111 Å². The number of phenolic OH excluding ortho intramolecular Hbond substituents is 1. The summed E-state index contributed by atoms with van der Waals surface area (Å²) in [6.07, 6.45) is 7.26. The highest BCUT2D eigenvalue weighted by atomic mass is 16.3. The molecule has 0 amide bonds. The van der Waals surface area contributed by atoms with Gasteiger partial charge in [0.2, 0.25) is 5.95 Å². The van der Waals surface area contributed by atoms with E-state index < -0.39 is 0 Å². The van der Waals surface area contributed by atoms with Gasteiger partial charge in [-0.1, -0.05) is 36.4 Å². The highest BCUT2D eigenvalue weighted by Crippen LogP contribution is 2.75. The molecule has 1 aromatic heterocycles. The summed E-state index contributed by atoms with van der Waals surface area (Å²) in [5.41, 5.74) is 6.99. The first kappa shape index (κ1) is 23.0. The van der Waals surface area contributed by atoms with E-state index in [1.165, 1.54) is 42.4 Å². The third kappa shape index (κ3) is 2.97. The number of aromatic nitrogens is 2. The zero-order chi connectivity index (χ0) is 25.6. The number of aryl methyl sites for hydroxylation is 2. The van der Waals surface area contributed by atoms with Crippen molar-refractivity contribution in [1.82, 2.24) is 14.9 Å². The lowest BCUT2D eigenvalue weighted by atomic mass is 9.43. The molecule has 3 heterocycles. The van der Waals surface area contributed by atoms with E-state index in [0.717, 1.165) is 49.8 Å². The third-order valence-electron chi connectivity index (χ3n) is 11.3. The van der Waals surface area contributed by atoms with E-state index in [2.05, 4.69) is 72.2 Å². The molecule has 5 nitrogen and oxygen atoms in total. The van der Waals surface area contributed by atoms with Crippen molar-refractivity contribution in [3.05, 3.63) is 82.7 Å². The summed E-state index contributed by atoms with van der Waals surface area (Å²) in [4.78, 5) is 15.3. The first-order valence-corrected chi connectivity index (χ1v) is 14.7. The summed E-state index contributed by atoms with van der Waals surface area (Å²) in [6.45, 7) is 7.56. The largest absolute Gasteiger partial charge is 0.508 e. The van der Waals surface area contributed by atoms with Gasteiger partial charge in [-0.15, -0.1) is 0 Å². The summed E-state index contributed by atoms with van der Waals surface area (Å²) < 4.78 is 0. The maximum atomic E-state index is 10.7. The molecule has 5 heteroatoms. The highest BCUT2D eigenvalue weighted by Gasteiger charge is 2.76. The van der Waals surface area contributed by atoms with Gasteiger partial charge >= 0.3 is 0 Å². The minimum atomic E-state index is 0.147. The van der Waals surface area contributed by atoms with E-state index in [-0.39, 0.29) is 5.41 Å². The number of likely N-dealkylation sites (tertiary alicyclic amines) is 1. The van der Waals surface area contributed by atoms with Crippen LogP contribution in [0.2, 0.25) is 0 Å². The Labute approximate surface area is 225 Å². The number of piperidine rings is 1. The van der Waals surface area contributed by atoms with Crippen LogP contribution in [0.25, 0.3) is 0 Å². The topological polar surface area (TPSA) is 52.5 Å². The molecule has 4 fully saturated rings. The molecular formula is C33H38N4O. The number of phenols is 1. The van der Waals surface area contributed by atoms with Crippen LogP contribution in [0.3, 0.4) is 0 Å². The molecule has 2 aromatic carbocycles. The van der Waals surface area contributed by atoms with Gasteiger partial charge in [0.1, 0.15) is 5.75 Å². The minimum Gasteiger partial charge on any atom is -0.508 e. The van der Waals surface area contributed by atoms with Gasteiger partial charge < -0.3 is 10.0 Å². The Morgan fingerprint density at radius 2 is 1.82 bits per heavy atom. The summed E-state index contributed by atoms with van der Waals surface area (Å²) >= 11 is 0. The lowest BCUT2D eigenvalue weighted by molar-refractivity contribution is -0.0904. The van der Waals surface area contributed by atoms with E-state index in [9.17, 15) is 5.11 Å². The predicted molar refractivity (Wildman–Crippen MR) is 150 cm³/mol. The summed E-state index contributed by atoms with van der Waals surface area (Å²) in [6, 6.07) is 20.5. The van der Waals surface area contributed by atoms with Gasteiger partial charge in [0.05, 0.1) is 0 Å². The smallest absolute Gasteiger partial charge is 0.226 e. The van der Waals surface area contributed by atoms with Crippen molar-refractivity contribution >= 4 is 5.95 Å². The van der Waals surface area contributed by atoms with Crippen LogP contribution >= 0.6 is 0 Å². The molecule has 2 saturated carbocycles. The van der Waals surface area contributed by atoms with Gasteiger partial charge in [0, 0.05) is 42.0 Å². The number of benzene rings is 2. The highest BCUT2D eigenvalue weighted by molar-refractivity contribution is 5.53. The number of hydrogen-bond acceptors (Lipinski definition) is 5. The van der Waals surface area contributed by atoms with Crippen LogP contribution in [0.1, 0.15) is 53.8 Å². The third-order valence-corrected chi connectivity index (χ3v) is 11.3. The monoisotopic (exact) mass is 506 g/mol. The zero-order valence-corrected chi connectivity index (χ0v) is 22.6. The Bertz CT molecular complexity index is 1390. The zero-order valence-electron chi connectivity index (χ0n) is 22.6. The minimum absolute atomic E-state index is 0.147. The van der Waals surface area contributed by atoms with Crippen molar-refractivity contribution < 1.29 is 5.11 Å². The van der Waals surface area contributed by atoms with E-state index in [1.807, 2.05) is 6.07 Å². The maximum absolute atomic E-state index is 10.7. The van der Waals surface area contributed by atoms with Crippen LogP contribution in [-0.4, -0.2) is 51.7 Å². The van der Waals surface area contributed by atoms with Gasteiger partial charge in [0.15, 0.2) is 0 Å². The molecule has 8 rings (SSSR count). The summed E-state index contributed by atoms with van der Waals surface area (Å²) in [7, 11) is 0. The summed E-state index contributed by atoms with van der Waals surface area (Å²) in [5.74, 6) is 2.65. The number of hydrogen-bond donors (Lipinski definition) is 1. The van der Waals surface area contributed by atoms with Crippen LogP contribution in [-0.2, 0) is 18.3 Å². The molecule has 2 saturated heterocycles. The molecule has 196 valence electrons. The Kier molecular flexibility index (Phi) is 4.87. The number of nitrogens with zero attached hydrogens (tertiary/aromatic N) is 4. The second-order valence-corrected chi connectivity index (χ2v) is 12.9. The Morgan fingerprint density at radius 1 is 1.00 bits per heavy atom. The SMILES string of the molecule is Cc1cc(C)nc(N2C[C@H]3CC45CCC2C3C42CCN(CCc3ccccc3)C5Cc3ccc(O)cc32)n1. The normalized spacial score (nSPS) is 34.7. The van der Waals surface area contributed by atoms with Crippen molar-refractivity contribution in [2.45, 2.75) is 69.9 Å². The first-order valence-electron chi connectivity index (χ1n) is 14.7. The molecule has 3 aromatic rings. The quantitative estimate of drug-likeness (QED) is 0.526. The number of rotatable bonds is 4. The van der Waals surface area contributed by atoms with E-state index in [1.54, 1.807) is 0 Å². The molecule has 3 aliphatic carbocycles. The molecule has 38 heavy (non-hydrogen) atoms. The van der Waals surface area contributed by atoms with Crippen LogP contribution in [0.4, 0.5) is 5.95 Å². The van der Waals surface area contributed by atoms with Crippen molar-refractivity contribution in [1.29, 1.82) is 0 Å². The van der Waals surface area contributed by atoms with Gasteiger partial charge in [-0.2, -0.15) is 0 Å². The van der Waals surface area contributed by atoms with Gasteiger partial charge in [-0.25, -0.2) is 9.97 Å². The van der Waals surface area contributed by atoms with Crippen LogP contribution in [0, 0.1) is 31.1 Å². The second kappa shape index (κ2) is 8.05. The van der Waals surface area contributed by atoms with Crippen molar-refractivity contribution in [3.63, 3.8) is 0 Å². The Morgan fingerprint density at radius 3 is 2.63 bits per heavy atom. The van der Waals surface area contributed by atoms with Crippen LogP contribution < -0.4 is 4.90 Å². The van der Waals surface area contributed by atoms with E-state index >= 15 is 0 Å². The number of fused-ring (bicyclic) bond motifs is 1. The molecule has 0 spiro atoms. The Hall–Kier alpha value is -2.92. The molecule has 5 unspecified atom stereocenters. The molecule has 1 N–H and O–H groups in total. The summed E-state index contributed by atoms with van der Waals surface area (Å²) in [5, 5.41) is 10.7. The van der Waals surface area contributed by atoms with Crippen LogP contribution in [0.15, 0.2) is 54.6 Å². The van der Waals surface area contributed by atoms with E-state index in [0.29, 0.717) is 35.1 Å². The average molecular weight is 507 g/mol. The first-order chi connectivity index (χ1) is 18.5. The van der Waals surface area contributed by atoms with E-state index in [4.69, 9.17) is 9.97 Å². The molecular weight excluding hydrogens is 468 g/mol. The molecule has 2 aliphatic heterocycles. The second-order valence-electron chi connectivity index (χ2n) is 12.9. The maximum Gasteiger partial charge on any atom is 0.226 e. The van der Waals surface area contributed by atoms with Gasteiger partial charge in [-0.3, -0.25) is 4.90 Å². The van der Waals surface area contributed by atoms with Crippen LogP contribution in [0.5, 0.6) is 5.75 Å². The molecule has 0 radical (unpaired) electrons. The van der Waals surface area contributed by atoms with Crippen molar-refractivity contribution in [2.75, 3.05) is 24.5 Å². The fraction of sp³-hybridized carbons (Fsp3) is 0.515. The van der Waals surface area contributed by atoms with Crippen molar-refractivity contribution in [2.24, 2.45) is 17.3 Å². The lowest BCUT2D eigenvalue weighted by Crippen LogP contribution is -2.69. The number of aromatic hydroxyl groups is 1. The fourth-order valence-electron chi connectivity index (χ4n) is 10.3. The lowest BCUT2D eigenvalue weighted by Gasteiger charge is -2.66.